The van der Waals surface area contributed by atoms with Gasteiger partial charge in [0.2, 0.25) is 0 Å². The number of rotatable bonds is 5. The molecule has 1 saturated heterocycles. The number of anilines is 1. The Labute approximate surface area is 166 Å². The summed E-state index contributed by atoms with van der Waals surface area (Å²) < 4.78 is 17.2. The van der Waals surface area contributed by atoms with Crippen LogP contribution in [0.1, 0.15) is 42.3 Å². The maximum atomic E-state index is 6.05. The molecule has 28 heavy (non-hydrogen) atoms. The fourth-order valence-electron chi connectivity index (χ4n) is 4.79. The van der Waals surface area contributed by atoms with Crippen LogP contribution in [0.25, 0.3) is 0 Å². The standard InChI is InChI=1S/C24H27NO3/c1-26-17-6-2-5-16(13-17)24-21-9-3-8-20(21)22-14-18(10-11-23(22)25-24)28-15-19-7-4-12-27-19/h2-3,5-6,8,10-11,13-14,19-21,24-25H,4,7,9,12,15H2,1H3. The van der Waals surface area contributed by atoms with Crippen LogP contribution in [0.4, 0.5) is 5.69 Å². The van der Waals surface area contributed by atoms with Crippen molar-refractivity contribution in [3.05, 3.63) is 65.7 Å². The number of benzene rings is 2. The van der Waals surface area contributed by atoms with Crippen molar-refractivity contribution < 1.29 is 14.2 Å². The van der Waals surface area contributed by atoms with E-state index in [1.807, 2.05) is 6.07 Å². The highest BCUT2D eigenvalue weighted by atomic mass is 16.5. The van der Waals surface area contributed by atoms with Crippen LogP contribution >= 0.6 is 0 Å². The van der Waals surface area contributed by atoms with E-state index in [-0.39, 0.29) is 12.1 Å². The maximum Gasteiger partial charge on any atom is 0.119 e. The van der Waals surface area contributed by atoms with E-state index in [0.29, 0.717) is 18.4 Å². The van der Waals surface area contributed by atoms with Crippen LogP contribution in [-0.4, -0.2) is 26.4 Å². The number of nitrogens with one attached hydrogen (secondary N) is 1. The van der Waals surface area contributed by atoms with Crippen LogP contribution in [0.15, 0.2) is 54.6 Å². The molecule has 3 aliphatic rings. The predicted octanol–water partition coefficient (Wildman–Crippen LogP) is 5.08. The van der Waals surface area contributed by atoms with Gasteiger partial charge in [0.15, 0.2) is 0 Å². The van der Waals surface area contributed by atoms with E-state index >= 15 is 0 Å². The van der Waals surface area contributed by atoms with E-state index in [1.54, 1.807) is 7.11 Å². The summed E-state index contributed by atoms with van der Waals surface area (Å²) in [5.74, 6) is 2.77. The summed E-state index contributed by atoms with van der Waals surface area (Å²) in [6.45, 7) is 1.50. The Morgan fingerprint density at radius 3 is 2.96 bits per heavy atom. The normalized spacial score (nSPS) is 27.8. The van der Waals surface area contributed by atoms with Crippen LogP contribution in [0.5, 0.6) is 11.5 Å². The number of fused-ring (bicyclic) bond motifs is 3. The lowest BCUT2D eigenvalue weighted by Gasteiger charge is -2.37. The molecule has 0 saturated carbocycles. The topological polar surface area (TPSA) is 39.7 Å². The molecule has 0 bridgehead atoms. The van der Waals surface area contributed by atoms with Crippen LogP contribution in [0.2, 0.25) is 0 Å². The second-order valence-corrected chi connectivity index (χ2v) is 7.95. The Bertz CT molecular complexity index is 872. The second kappa shape index (κ2) is 7.51. The van der Waals surface area contributed by atoms with Gasteiger partial charge in [-0.25, -0.2) is 0 Å². The van der Waals surface area contributed by atoms with Crippen molar-refractivity contribution in [2.75, 3.05) is 25.6 Å². The summed E-state index contributed by atoms with van der Waals surface area (Å²) in [6.07, 6.45) is 8.25. The molecular weight excluding hydrogens is 350 g/mol. The van der Waals surface area contributed by atoms with E-state index in [4.69, 9.17) is 14.2 Å². The van der Waals surface area contributed by atoms with Gasteiger partial charge in [0.25, 0.3) is 0 Å². The molecule has 2 heterocycles. The lowest BCUT2D eigenvalue weighted by atomic mass is 9.77. The summed E-state index contributed by atoms with van der Waals surface area (Å²) >= 11 is 0. The van der Waals surface area contributed by atoms with Crippen molar-refractivity contribution >= 4 is 5.69 Å². The lowest BCUT2D eigenvalue weighted by molar-refractivity contribution is 0.0679. The van der Waals surface area contributed by atoms with Gasteiger partial charge >= 0.3 is 0 Å². The van der Waals surface area contributed by atoms with Crippen molar-refractivity contribution in [3.63, 3.8) is 0 Å². The van der Waals surface area contributed by atoms with Gasteiger partial charge < -0.3 is 19.5 Å². The van der Waals surface area contributed by atoms with E-state index in [9.17, 15) is 0 Å². The molecule has 5 rings (SSSR count). The van der Waals surface area contributed by atoms with E-state index in [1.165, 1.54) is 16.8 Å². The summed E-state index contributed by atoms with van der Waals surface area (Å²) in [4.78, 5) is 0. The maximum absolute atomic E-state index is 6.05. The largest absolute Gasteiger partial charge is 0.497 e. The quantitative estimate of drug-likeness (QED) is 0.738. The third-order valence-corrected chi connectivity index (χ3v) is 6.25. The minimum Gasteiger partial charge on any atom is -0.497 e. The Balaban J connectivity index is 1.40. The first-order valence-corrected chi connectivity index (χ1v) is 10.3. The summed E-state index contributed by atoms with van der Waals surface area (Å²) in [6, 6.07) is 15.1. The third-order valence-electron chi connectivity index (χ3n) is 6.25. The van der Waals surface area contributed by atoms with Gasteiger partial charge in [-0.2, -0.15) is 0 Å². The van der Waals surface area contributed by atoms with Crippen molar-refractivity contribution in [2.45, 2.75) is 37.3 Å². The summed E-state index contributed by atoms with van der Waals surface area (Å²) in [7, 11) is 1.72. The second-order valence-electron chi connectivity index (χ2n) is 7.95. The fourth-order valence-corrected chi connectivity index (χ4v) is 4.79. The first-order valence-electron chi connectivity index (χ1n) is 10.3. The zero-order valence-electron chi connectivity index (χ0n) is 16.3. The minimum absolute atomic E-state index is 0.241. The summed E-state index contributed by atoms with van der Waals surface area (Å²) in [5.41, 5.74) is 3.82. The van der Waals surface area contributed by atoms with Crippen molar-refractivity contribution in [1.82, 2.24) is 0 Å². The van der Waals surface area contributed by atoms with Crippen molar-refractivity contribution in [2.24, 2.45) is 5.92 Å². The number of allylic oxidation sites excluding steroid dienone is 2. The first-order chi connectivity index (χ1) is 13.8. The molecule has 0 spiro atoms. The fraction of sp³-hybridized carbons (Fsp3) is 0.417. The highest BCUT2D eigenvalue weighted by molar-refractivity contribution is 5.62. The predicted molar refractivity (Wildman–Crippen MR) is 110 cm³/mol. The zero-order chi connectivity index (χ0) is 18.9. The molecule has 1 N–H and O–H groups in total. The molecule has 0 radical (unpaired) electrons. The Morgan fingerprint density at radius 2 is 2.11 bits per heavy atom. The van der Waals surface area contributed by atoms with Crippen LogP contribution in [-0.2, 0) is 4.74 Å². The molecule has 1 fully saturated rings. The van der Waals surface area contributed by atoms with Crippen molar-refractivity contribution in [1.29, 1.82) is 0 Å². The SMILES string of the molecule is COc1cccc(C2Nc3ccc(OCC4CCCO4)cc3C3C=CCC32)c1. The minimum atomic E-state index is 0.241. The van der Waals surface area contributed by atoms with E-state index in [0.717, 1.165) is 37.4 Å². The molecule has 4 atom stereocenters. The highest BCUT2D eigenvalue weighted by Gasteiger charge is 2.38. The number of ether oxygens (including phenoxy) is 3. The van der Waals surface area contributed by atoms with Crippen LogP contribution in [0.3, 0.4) is 0 Å². The van der Waals surface area contributed by atoms with E-state index in [2.05, 4.69) is 53.9 Å². The van der Waals surface area contributed by atoms with Gasteiger partial charge in [-0.15, -0.1) is 0 Å². The smallest absolute Gasteiger partial charge is 0.119 e. The van der Waals surface area contributed by atoms with Gasteiger partial charge in [0, 0.05) is 18.2 Å². The monoisotopic (exact) mass is 377 g/mol. The zero-order valence-corrected chi connectivity index (χ0v) is 16.3. The van der Waals surface area contributed by atoms with Crippen molar-refractivity contribution in [3.8, 4) is 11.5 Å². The molecule has 146 valence electrons. The highest BCUT2D eigenvalue weighted by Crippen LogP contribution is 2.50. The van der Waals surface area contributed by atoms with Gasteiger partial charge in [0.05, 0.1) is 19.3 Å². The van der Waals surface area contributed by atoms with Gasteiger partial charge in [-0.1, -0.05) is 24.3 Å². The Kier molecular flexibility index (Phi) is 4.73. The molecule has 2 aromatic carbocycles. The van der Waals surface area contributed by atoms with E-state index < -0.39 is 0 Å². The Morgan fingerprint density at radius 1 is 1.14 bits per heavy atom. The average molecular weight is 377 g/mol. The third kappa shape index (κ3) is 3.26. The molecule has 2 aliphatic heterocycles. The summed E-state index contributed by atoms with van der Waals surface area (Å²) in [5, 5.41) is 3.78. The van der Waals surface area contributed by atoms with Gasteiger partial charge in [-0.05, 0) is 66.6 Å². The molecule has 0 aromatic heterocycles. The Hall–Kier alpha value is -2.46. The molecule has 4 unspecified atom stereocenters. The molecule has 4 nitrogen and oxygen atoms in total. The number of methoxy groups -OCH3 is 1. The number of hydrogen-bond donors (Lipinski definition) is 1. The molecule has 1 aliphatic carbocycles. The van der Waals surface area contributed by atoms with Gasteiger partial charge in [0.1, 0.15) is 18.1 Å². The molecule has 4 heteroatoms. The number of hydrogen-bond acceptors (Lipinski definition) is 4. The molecule has 0 amide bonds. The van der Waals surface area contributed by atoms with Crippen LogP contribution in [0, 0.1) is 5.92 Å². The molecular formula is C24H27NO3. The average Bonchev–Trinajstić information content (AvgIpc) is 3.44. The first kappa shape index (κ1) is 17.6. The van der Waals surface area contributed by atoms with Crippen LogP contribution < -0.4 is 14.8 Å². The lowest BCUT2D eigenvalue weighted by Crippen LogP contribution is -2.29. The van der Waals surface area contributed by atoms with Gasteiger partial charge in [-0.3, -0.25) is 0 Å². The molecule has 2 aromatic rings.